The second-order valence-electron chi connectivity index (χ2n) is 3.88. The van der Waals surface area contributed by atoms with Crippen LogP contribution in [-0.2, 0) is 0 Å². The van der Waals surface area contributed by atoms with Crippen LogP contribution in [0.1, 0.15) is 31.4 Å². The van der Waals surface area contributed by atoms with E-state index < -0.39 is 0 Å². The fraction of sp³-hybridized carbons (Fsp3) is 0.500. The summed E-state index contributed by atoms with van der Waals surface area (Å²) in [5, 5.41) is 0. The first-order chi connectivity index (χ1) is 6.65. The van der Waals surface area contributed by atoms with Crippen LogP contribution in [-0.4, -0.2) is 14.1 Å². The van der Waals surface area contributed by atoms with Crippen molar-refractivity contribution in [3.8, 4) is 0 Å². The minimum atomic E-state index is 0.191. The number of benzene rings is 1. The highest BCUT2D eigenvalue weighted by Crippen LogP contribution is 2.19. The van der Waals surface area contributed by atoms with Crippen molar-refractivity contribution in [2.45, 2.75) is 25.8 Å². The predicted octanol–water partition coefficient (Wildman–Crippen LogP) is 2.55. The summed E-state index contributed by atoms with van der Waals surface area (Å²) < 4.78 is 0. The van der Waals surface area contributed by atoms with Crippen LogP contribution in [0.5, 0.6) is 0 Å². The van der Waals surface area contributed by atoms with Gasteiger partial charge in [0.05, 0.1) is 0 Å². The molecule has 0 aliphatic carbocycles. The number of nitrogens with zero attached hydrogens (tertiary/aromatic N) is 1. The van der Waals surface area contributed by atoms with E-state index in [-0.39, 0.29) is 6.04 Å². The molecule has 78 valence electrons. The van der Waals surface area contributed by atoms with E-state index >= 15 is 0 Å². The third-order valence-electron chi connectivity index (χ3n) is 2.44. The van der Waals surface area contributed by atoms with Gasteiger partial charge < -0.3 is 10.6 Å². The molecule has 1 aromatic carbocycles. The van der Waals surface area contributed by atoms with E-state index in [4.69, 9.17) is 5.73 Å². The average Bonchev–Trinajstić information content (AvgIpc) is 2.18. The fourth-order valence-electron chi connectivity index (χ4n) is 1.50. The van der Waals surface area contributed by atoms with Crippen LogP contribution in [0.25, 0.3) is 0 Å². The first-order valence-electron chi connectivity index (χ1n) is 5.18. The molecule has 2 N–H and O–H groups in total. The second kappa shape index (κ2) is 5.01. The molecule has 0 radical (unpaired) electrons. The molecule has 0 bridgehead atoms. The minimum Gasteiger partial charge on any atom is -0.378 e. The van der Waals surface area contributed by atoms with Crippen molar-refractivity contribution in [3.63, 3.8) is 0 Å². The maximum absolute atomic E-state index is 6.02. The zero-order valence-electron chi connectivity index (χ0n) is 9.33. The van der Waals surface area contributed by atoms with Gasteiger partial charge in [-0.1, -0.05) is 25.5 Å². The zero-order valence-corrected chi connectivity index (χ0v) is 9.33. The van der Waals surface area contributed by atoms with Gasteiger partial charge >= 0.3 is 0 Å². The topological polar surface area (TPSA) is 29.3 Å². The van der Waals surface area contributed by atoms with Crippen LogP contribution < -0.4 is 10.6 Å². The molecule has 0 fully saturated rings. The Morgan fingerprint density at radius 2 is 1.79 bits per heavy atom. The van der Waals surface area contributed by atoms with E-state index in [1.54, 1.807) is 0 Å². The van der Waals surface area contributed by atoms with Crippen LogP contribution in [0.15, 0.2) is 24.3 Å². The van der Waals surface area contributed by atoms with Crippen LogP contribution in [0.2, 0.25) is 0 Å². The van der Waals surface area contributed by atoms with E-state index in [0.29, 0.717) is 0 Å². The summed E-state index contributed by atoms with van der Waals surface area (Å²) >= 11 is 0. The lowest BCUT2D eigenvalue weighted by molar-refractivity contribution is 0.638. The molecule has 0 aromatic heterocycles. The van der Waals surface area contributed by atoms with Crippen LogP contribution in [0.4, 0.5) is 5.69 Å². The van der Waals surface area contributed by atoms with Gasteiger partial charge in [-0.2, -0.15) is 0 Å². The molecule has 1 rings (SSSR count). The monoisotopic (exact) mass is 192 g/mol. The summed E-state index contributed by atoms with van der Waals surface area (Å²) in [4.78, 5) is 2.09. The molecular weight excluding hydrogens is 172 g/mol. The average molecular weight is 192 g/mol. The van der Waals surface area contributed by atoms with Crippen molar-refractivity contribution in [3.05, 3.63) is 29.8 Å². The summed E-state index contributed by atoms with van der Waals surface area (Å²) in [7, 11) is 4.09. The van der Waals surface area contributed by atoms with Crippen molar-refractivity contribution < 1.29 is 0 Å². The zero-order chi connectivity index (χ0) is 10.6. The number of anilines is 1. The lowest BCUT2D eigenvalue weighted by Crippen LogP contribution is -2.11. The van der Waals surface area contributed by atoms with E-state index in [1.165, 1.54) is 11.3 Å². The molecule has 0 heterocycles. The van der Waals surface area contributed by atoms with Crippen LogP contribution in [0, 0.1) is 0 Å². The molecule has 0 amide bonds. The molecule has 2 heteroatoms. The van der Waals surface area contributed by atoms with Crippen molar-refractivity contribution >= 4 is 5.69 Å². The van der Waals surface area contributed by atoms with E-state index in [1.807, 2.05) is 14.1 Å². The first kappa shape index (κ1) is 11.1. The van der Waals surface area contributed by atoms with Crippen LogP contribution in [0.3, 0.4) is 0 Å². The molecule has 0 saturated carbocycles. The van der Waals surface area contributed by atoms with E-state index in [0.717, 1.165) is 12.8 Å². The SMILES string of the molecule is CCC[C@H](N)c1ccc(N(C)C)cc1. The molecule has 0 saturated heterocycles. The predicted molar refractivity (Wildman–Crippen MR) is 62.6 cm³/mol. The van der Waals surface area contributed by atoms with Gasteiger partial charge in [0.25, 0.3) is 0 Å². The second-order valence-corrected chi connectivity index (χ2v) is 3.88. The molecule has 0 unspecified atom stereocenters. The van der Waals surface area contributed by atoms with Gasteiger partial charge in [-0.25, -0.2) is 0 Å². The smallest absolute Gasteiger partial charge is 0.0361 e. The molecule has 0 aliphatic heterocycles. The van der Waals surface area contributed by atoms with Gasteiger partial charge in [-0.15, -0.1) is 0 Å². The summed E-state index contributed by atoms with van der Waals surface area (Å²) in [5.74, 6) is 0. The largest absolute Gasteiger partial charge is 0.378 e. The normalized spacial score (nSPS) is 12.6. The Hall–Kier alpha value is -1.02. The standard InChI is InChI=1S/C12H20N2/c1-4-5-12(13)10-6-8-11(9-7-10)14(2)3/h6-9,12H,4-5,13H2,1-3H3/t12-/m0/s1. The van der Waals surface area contributed by atoms with Gasteiger partial charge in [0.1, 0.15) is 0 Å². The van der Waals surface area contributed by atoms with Gasteiger partial charge in [0, 0.05) is 25.8 Å². The Morgan fingerprint density at radius 3 is 2.21 bits per heavy atom. The Morgan fingerprint density at radius 1 is 1.21 bits per heavy atom. The highest BCUT2D eigenvalue weighted by atomic mass is 15.1. The Labute approximate surface area is 86.7 Å². The molecule has 2 nitrogen and oxygen atoms in total. The Balaban J connectivity index is 2.72. The maximum atomic E-state index is 6.02. The Bertz CT molecular complexity index is 264. The molecule has 14 heavy (non-hydrogen) atoms. The van der Waals surface area contributed by atoms with Crippen molar-refractivity contribution in [2.75, 3.05) is 19.0 Å². The quantitative estimate of drug-likeness (QED) is 0.794. The first-order valence-corrected chi connectivity index (χ1v) is 5.18. The summed E-state index contributed by atoms with van der Waals surface area (Å²) in [5.41, 5.74) is 8.47. The van der Waals surface area contributed by atoms with Crippen molar-refractivity contribution in [1.82, 2.24) is 0 Å². The molecule has 1 atom stereocenters. The molecule has 0 aliphatic rings. The number of nitrogens with two attached hydrogens (primary N) is 1. The number of hydrogen-bond acceptors (Lipinski definition) is 2. The van der Waals surface area contributed by atoms with Gasteiger partial charge in [-0.05, 0) is 24.1 Å². The minimum absolute atomic E-state index is 0.191. The van der Waals surface area contributed by atoms with Crippen molar-refractivity contribution in [2.24, 2.45) is 5.73 Å². The summed E-state index contributed by atoms with van der Waals surface area (Å²) in [6, 6.07) is 8.66. The highest BCUT2D eigenvalue weighted by molar-refractivity contribution is 5.46. The molecular formula is C12H20N2. The summed E-state index contributed by atoms with van der Waals surface area (Å²) in [6.07, 6.45) is 2.19. The lowest BCUT2D eigenvalue weighted by atomic mass is 10.0. The number of hydrogen-bond donors (Lipinski definition) is 1. The van der Waals surface area contributed by atoms with Gasteiger partial charge in [0.15, 0.2) is 0 Å². The number of rotatable bonds is 4. The lowest BCUT2D eigenvalue weighted by Gasteiger charge is -2.15. The fourth-order valence-corrected chi connectivity index (χ4v) is 1.50. The van der Waals surface area contributed by atoms with Gasteiger partial charge in [-0.3, -0.25) is 0 Å². The maximum Gasteiger partial charge on any atom is 0.0361 e. The molecule has 1 aromatic rings. The summed E-state index contributed by atoms with van der Waals surface area (Å²) in [6.45, 7) is 2.16. The van der Waals surface area contributed by atoms with Gasteiger partial charge in [0.2, 0.25) is 0 Å². The Kier molecular flexibility index (Phi) is 3.96. The third-order valence-corrected chi connectivity index (χ3v) is 2.44. The van der Waals surface area contributed by atoms with Crippen molar-refractivity contribution in [1.29, 1.82) is 0 Å². The third kappa shape index (κ3) is 2.74. The molecule has 0 spiro atoms. The van der Waals surface area contributed by atoms with E-state index in [2.05, 4.69) is 36.1 Å². The van der Waals surface area contributed by atoms with Crippen LogP contribution >= 0.6 is 0 Å². The highest BCUT2D eigenvalue weighted by Gasteiger charge is 2.04. The van der Waals surface area contributed by atoms with E-state index in [9.17, 15) is 0 Å².